The summed E-state index contributed by atoms with van der Waals surface area (Å²) in [5.41, 5.74) is 0. The molecule has 4 nitrogen and oxygen atoms in total. The van der Waals surface area contributed by atoms with Crippen LogP contribution in [0.2, 0.25) is 0 Å². The number of hydrogen-bond acceptors (Lipinski definition) is 4. The summed E-state index contributed by atoms with van der Waals surface area (Å²) >= 11 is 0. The lowest BCUT2D eigenvalue weighted by molar-refractivity contribution is 0.0474. The molecule has 0 heterocycles. The summed E-state index contributed by atoms with van der Waals surface area (Å²) in [5, 5.41) is 16.2. The second-order valence-corrected chi connectivity index (χ2v) is 4.86. The number of aliphatic hydroxyl groups excluding tert-OH is 2. The molecule has 0 saturated heterocycles. The minimum atomic E-state index is 0.0278. The molecule has 0 aliphatic rings. The summed E-state index contributed by atoms with van der Waals surface area (Å²) in [5.74, 6) is 0.785. The van der Waals surface area contributed by atoms with Crippen molar-refractivity contribution in [3.05, 3.63) is 0 Å². The Hall–Kier alpha value is -0.160. The van der Waals surface area contributed by atoms with Gasteiger partial charge in [0.15, 0.2) is 0 Å². The van der Waals surface area contributed by atoms with Gasteiger partial charge < -0.3 is 19.7 Å². The highest BCUT2D eigenvalue weighted by Crippen LogP contribution is 2.13. The first-order chi connectivity index (χ1) is 9.12. The van der Waals surface area contributed by atoms with Crippen molar-refractivity contribution in [3.8, 4) is 0 Å². The topological polar surface area (TPSA) is 58.9 Å². The van der Waals surface area contributed by atoms with Crippen molar-refractivity contribution < 1.29 is 19.7 Å². The summed E-state index contributed by atoms with van der Waals surface area (Å²) < 4.78 is 10.2. The smallest absolute Gasteiger partial charge is 0.0698 e. The number of hydrogen-bond donors (Lipinski definition) is 2. The standard InChI is InChI=1S/C11H24O.C4H10O3/c1-5-7-8-11(6-2)9-12-10(3)4;5-1-3-7-4-2-6/h10-11H,5-9H2,1-4H3;5-6H,1-4H2. The molecule has 0 rings (SSSR count). The molecule has 0 aromatic rings. The first-order valence-corrected chi connectivity index (χ1v) is 7.53. The highest BCUT2D eigenvalue weighted by atomic mass is 16.5. The Bertz CT molecular complexity index is 147. The molecule has 0 fully saturated rings. The second-order valence-electron chi connectivity index (χ2n) is 4.86. The van der Waals surface area contributed by atoms with E-state index in [0.29, 0.717) is 19.3 Å². The normalized spacial score (nSPS) is 12.2. The van der Waals surface area contributed by atoms with Crippen molar-refractivity contribution >= 4 is 0 Å². The molecule has 0 amide bonds. The van der Waals surface area contributed by atoms with E-state index in [-0.39, 0.29) is 13.2 Å². The first-order valence-electron chi connectivity index (χ1n) is 7.53. The fourth-order valence-corrected chi connectivity index (χ4v) is 1.46. The van der Waals surface area contributed by atoms with Crippen LogP contribution in [0, 0.1) is 5.92 Å². The maximum Gasteiger partial charge on any atom is 0.0698 e. The Morgan fingerprint density at radius 2 is 1.58 bits per heavy atom. The van der Waals surface area contributed by atoms with E-state index < -0.39 is 0 Å². The van der Waals surface area contributed by atoms with Crippen LogP contribution < -0.4 is 0 Å². The Balaban J connectivity index is 0. The van der Waals surface area contributed by atoms with E-state index >= 15 is 0 Å². The lowest BCUT2D eigenvalue weighted by Crippen LogP contribution is -2.13. The largest absolute Gasteiger partial charge is 0.394 e. The average Bonchev–Trinajstić information content (AvgIpc) is 2.40. The predicted octanol–water partition coefficient (Wildman–Crippen LogP) is 2.62. The highest BCUT2D eigenvalue weighted by Gasteiger charge is 2.06. The molecule has 0 radical (unpaired) electrons. The van der Waals surface area contributed by atoms with Gasteiger partial charge in [-0.1, -0.05) is 33.1 Å². The molecule has 0 aliphatic heterocycles. The van der Waals surface area contributed by atoms with Crippen LogP contribution in [0.3, 0.4) is 0 Å². The van der Waals surface area contributed by atoms with Crippen LogP contribution >= 0.6 is 0 Å². The van der Waals surface area contributed by atoms with Gasteiger partial charge in [0.05, 0.1) is 32.5 Å². The Labute approximate surface area is 119 Å². The minimum absolute atomic E-state index is 0.0278. The lowest BCUT2D eigenvalue weighted by atomic mass is 10.0. The summed E-state index contributed by atoms with van der Waals surface area (Å²) in [4.78, 5) is 0. The van der Waals surface area contributed by atoms with Gasteiger partial charge in [0.25, 0.3) is 0 Å². The van der Waals surface area contributed by atoms with E-state index in [4.69, 9.17) is 14.9 Å². The van der Waals surface area contributed by atoms with E-state index in [0.717, 1.165) is 12.5 Å². The zero-order valence-corrected chi connectivity index (χ0v) is 13.2. The number of unbranched alkanes of at least 4 members (excludes halogenated alkanes) is 1. The zero-order valence-electron chi connectivity index (χ0n) is 13.2. The first kappa shape index (κ1) is 21.1. The van der Waals surface area contributed by atoms with Gasteiger partial charge >= 0.3 is 0 Å². The summed E-state index contributed by atoms with van der Waals surface area (Å²) in [6.45, 7) is 10.4. The van der Waals surface area contributed by atoms with Crippen molar-refractivity contribution in [2.45, 2.75) is 59.5 Å². The van der Waals surface area contributed by atoms with Gasteiger partial charge in [0.2, 0.25) is 0 Å². The van der Waals surface area contributed by atoms with Crippen LogP contribution in [0.15, 0.2) is 0 Å². The van der Waals surface area contributed by atoms with Crippen molar-refractivity contribution in [1.29, 1.82) is 0 Å². The maximum absolute atomic E-state index is 8.09. The van der Waals surface area contributed by atoms with Gasteiger partial charge in [0, 0.05) is 6.61 Å². The molecular formula is C15H34O4. The molecule has 2 N–H and O–H groups in total. The molecule has 0 bridgehead atoms. The van der Waals surface area contributed by atoms with Crippen molar-refractivity contribution in [3.63, 3.8) is 0 Å². The third-order valence-corrected chi connectivity index (χ3v) is 2.68. The van der Waals surface area contributed by atoms with Crippen molar-refractivity contribution in [2.24, 2.45) is 5.92 Å². The predicted molar refractivity (Wildman–Crippen MR) is 79.4 cm³/mol. The quantitative estimate of drug-likeness (QED) is 0.570. The molecule has 0 spiro atoms. The van der Waals surface area contributed by atoms with Gasteiger partial charge in [-0.3, -0.25) is 0 Å². The van der Waals surface area contributed by atoms with Crippen LogP contribution in [-0.4, -0.2) is 49.4 Å². The molecule has 0 aromatic carbocycles. The van der Waals surface area contributed by atoms with Crippen molar-refractivity contribution in [2.75, 3.05) is 33.0 Å². The number of rotatable bonds is 11. The average molecular weight is 278 g/mol. The van der Waals surface area contributed by atoms with Crippen LogP contribution in [0.25, 0.3) is 0 Å². The van der Waals surface area contributed by atoms with Crippen LogP contribution in [-0.2, 0) is 9.47 Å². The molecule has 1 atom stereocenters. The fourth-order valence-electron chi connectivity index (χ4n) is 1.46. The Morgan fingerprint density at radius 3 is 1.95 bits per heavy atom. The molecular weight excluding hydrogens is 244 g/mol. The van der Waals surface area contributed by atoms with Gasteiger partial charge in [0.1, 0.15) is 0 Å². The van der Waals surface area contributed by atoms with E-state index in [1.807, 2.05) is 0 Å². The Morgan fingerprint density at radius 1 is 1.00 bits per heavy atom. The number of ether oxygens (including phenoxy) is 2. The molecule has 19 heavy (non-hydrogen) atoms. The van der Waals surface area contributed by atoms with Crippen LogP contribution in [0.4, 0.5) is 0 Å². The Kier molecular flexibility index (Phi) is 19.9. The van der Waals surface area contributed by atoms with Crippen LogP contribution in [0.5, 0.6) is 0 Å². The zero-order chi connectivity index (χ0) is 14.9. The summed E-state index contributed by atoms with van der Waals surface area (Å²) in [6.07, 6.45) is 5.63. The van der Waals surface area contributed by atoms with E-state index in [1.54, 1.807) is 0 Å². The monoisotopic (exact) mass is 278 g/mol. The maximum atomic E-state index is 8.09. The van der Waals surface area contributed by atoms with E-state index in [9.17, 15) is 0 Å². The molecule has 4 heteroatoms. The lowest BCUT2D eigenvalue weighted by Gasteiger charge is -2.16. The molecule has 0 aliphatic carbocycles. The second kappa shape index (κ2) is 17.8. The SMILES string of the molecule is CCCCC(CC)COC(C)C.OCCOCCO. The third kappa shape index (κ3) is 20.3. The van der Waals surface area contributed by atoms with Gasteiger partial charge in [-0.15, -0.1) is 0 Å². The van der Waals surface area contributed by atoms with Gasteiger partial charge in [-0.2, -0.15) is 0 Å². The van der Waals surface area contributed by atoms with Gasteiger partial charge in [-0.25, -0.2) is 0 Å². The minimum Gasteiger partial charge on any atom is -0.394 e. The van der Waals surface area contributed by atoms with E-state index in [1.165, 1.54) is 25.7 Å². The molecule has 1 unspecified atom stereocenters. The molecule has 0 saturated carbocycles. The third-order valence-electron chi connectivity index (χ3n) is 2.68. The summed E-state index contributed by atoms with van der Waals surface area (Å²) in [7, 11) is 0. The molecule has 0 aromatic heterocycles. The summed E-state index contributed by atoms with van der Waals surface area (Å²) in [6, 6.07) is 0. The highest BCUT2D eigenvalue weighted by molar-refractivity contribution is 4.56. The van der Waals surface area contributed by atoms with Crippen molar-refractivity contribution in [1.82, 2.24) is 0 Å². The fraction of sp³-hybridized carbons (Fsp3) is 1.00. The van der Waals surface area contributed by atoms with Gasteiger partial charge in [-0.05, 0) is 26.2 Å². The van der Waals surface area contributed by atoms with E-state index in [2.05, 4.69) is 32.4 Å². The van der Waals surface area contributed by atoms with Crippen LogP contribution in [0.1, 0.15) is 53.4 Å². The molecule has 118 valence electrons. The number of aliphatic hydroxyl groups is 2.